The normalized spacial score (nSPS) is 10.2. The molecule has 0 aliphatic rings. The first kappa shape index (κ1) is 9.81. The van der Waals surface area contributed by atoms with Crippen molar-refractivity contribution < 1.29 is 23.6 Å². The van der Waals surface area contributed by atoms with Crippen molar-refractivity contribution in [1.82, 2.24) is 9.97 Å². The average molecular weight is 190 g/mol. The highest BCUT2D eigenvalue weighted by molar-refractivity contribution is 6.57. The van der Waals surface area contributed by atoms with E-state index in [4.69, 9.17) is 10.0 Å². The molecule has 0 radical (unpaired) electrons. The SMILES string of the molecule is OB(O)c1cnc(OC(F)F)cn1. The third-order valence-electron chi connectivity index (χ3n) is 1.12. The fourth-order valence-electron chi connectivity index (χ4n) is 0.612. The standard InChI is InChI=1S/C5H5BF2N2O3/c7-5(8)13-4-2-9-3(1-10-4)6(11)12/h1-2,5,11-12H. The molecule has 13 heavy (non-hydrogen) atoms. The summed E-state index contributed by atoms with van der Waals surface area (Å²) in [6.45, 7) is -2.97. The predicted molar refractivity (Wildman–Crippen MR) is 38.5 cm³/mol. The summed E-state index contributed by atoms with van der Waals surface area (Å²) < 4.78 is 27.1. The number of ether oxygens (including phenoxy) is 1. The lowest BCUT2D eigenvalue weighted by molar-refractivity contribution is -0.0530. The molecule has 0 aromatic carbocycles. The van der Waals surface area contributed by atoms with Gasteiger partial charge in [0, 0.05) is 6.20 Å². The molecular formula is C5H5BF2N2O3. The van der Waals surface area contributed by atoms with Crippen molar-refractivity contribution in [2.24, 2.45) is 0 Å². The van der Waals surface area contributed by atoms with E-state index in [-0.39, 0.29) is 11.5 Å². The van der Waals surface area contributed by atoms with Gasteiger partial charge in [0.15, 0.2) is 0 Å². The summed E-state index contributed by atoms with van der Waals surface area (Å²) in [4.78, 5) is 6.77. The van der Waals surface area contributed by atoms with Crippen molar-refractivity contribution >= 4 is 12.7 Å². The van der Waals surface area contributed by atoms with Crippen LogP contribution in [0.3, 0.4) is 0 Å². The van der Waals surface area contributed by atoms with Crippen LogP contribution in [0.1, 0.15) is 0 Å². The molecule has 0 aliphatic carbocycles. The number of halogens is 2. The van der Waals surface area contributed by atoms with Gasteiger partial charge in [-0.3, -0.25) is 4.98 Å². The molecule has 0 saturated carbocycles. The smallest absolute Gasteiger partial charge is 0.422 e. The number of hydrogen-bond acceptors (Lipinski definition) is 5. The van der Waals surface area contributed by atoms with Crippen LogP contribution in [0.5, 0.6) is 5.88 Å². The van der Waals surface area contributed by atoms with Crippen LogP contribution in [0.4, 0.5) is 8.78 Å². The zero-order valence-electron chi connectivity index (χ0n) is 6.26. The Hall–Kier alpha value is -1.28. The van der Waals surface area contributed by atoms with Crippen LogP contribution in [-0.2, 0) is 0 Å². The Kier molecular flexibility index (Phi) is 3.10. The maximum absolute atomic E-state index is 11.6. The Bertz CT molecular complexity index is 269. The first-order chi connectivity index (χ1) is 6.09. The summed E-state index contributed by atoms with van der Waals surface area (Å²) in [6, 6.07) is 0. The van der Waals surface area contributed by atoms with Gasteiger partial charge in [0.1, 0.15) is 0 Å². The van der Waals surface area contributed by atoms with E-state index in [9.17, 15) is 8.78 Å². The second-order valence-corrected chi connectivity index (χ2v) is 2.03. The molecule has 1 heterocycles. The summed E-state index contributed by atoms with van der Waals surface area (Å²) in [7, 11) is -1.77. The van der Waals surface area contributed by atoms with Crippen molar-refractivity contribution in [2.45, 2.75) is 6.61 Å². The number of rotatable bonds is 3. The van der Waals surface area contributed by atoms with Crippen LogP contribution in [0.2, 0.25) is 0 Å². The Labute approximate surface area is 72.2 Å². The van der Waals surface area contributed by atoms with Crippen LogP contribution in [-0.4, -0.2) is 33.7 Å². The maximum atomic E-state index is 11.6. The molecule has 70 valence electrons. The molecule has 0 bridgehead atoms. The highest BCUT2D eigenvalue weighted by Crippen LogP contribution is 2.05. The zero-order chi connectivity index (χ0) is 9.84. The van der Waals surface area contributed by atoms with Gasteiger partial charge in [0.2, 0.25) is 5.88 Å². The largest absolute Gasteiger partial charge is 0.509 e. The van der Waals surface area contributed by atoms with E-state index in [1.165, 1.54) is 0 Å². The van der Waals surface area contributed by atoms with Crippen LogP contribution < -0.4 is 10.3 Å². The van der Waals surface area contributed by atoms with E-state index in [1.54, 1.807) is 0 Å². The fraction of sp³-hybridized carbons (Fsp3) is 0.200. The molecule has 5 nitrogen and oxygen atoms in total. The number of aromatic nitrogens is 2. The molecule has 0 atom stereocenters. The summed E-state index contributed by atoms with van der Waals surface area (Å²) in [5.41, 5.74) is -0.137. The minimum Gasteiger partial charge on any atom is -0.422 e. The molecule has 2 N–H and O–H groups in total. The molecule has 0 unspecified atom stereocenters. The predicted octanol–water partition coefficient (Wildman–Crippen LogP) is -1.24. The zero-order valence-corrected chi connectivity index (χ0v) is 6.26. The Morgan fingerprint density at radius 3 is 2.38 bits per heavy atom. The number of nitrogens with zero attached hydrogens (tertiary/aromatic N) is 2. The molecule has 0 amide bonds. The minimum atomic E-state index is -2.97. The van der Waals surface area contributed by atoms with Crippen molar-refractivity contribution in [1.29, 1.82) is 0 Å². The summed E-state index contributed by atoms with van der Waals surface area (Å²) in [5, 5.41) is 17.1. The molecule has 8 heteroatoms. The van der Waals surface area contributed by atoms with E-state index in [2.05, 4.69) is 14.7 Å². The van der Waals surface area contributed by atoms with Gasteiger partial charge in [-0.1, -0.05) is 0 Å². The molecule has 0 saturated heterocycles. The lowest BCUT2D eigenvalue weighted by Gasteiger charge is -2.02. The van der Waals surface area contributed by atoms with Gasteiger partial charge >= 0.3 is 13.7 Å². The quantitative estimate of drug-likeness (QED) is 0.582. The van der Waals surface area contributed by atoms with Gasteiger partial charge in [-0.15, -0.1) is 0 Å². The van der Waals surface area contributed by atoms with Crippen molar-refractivity contribution in [2.75, 3.05) is 0 Å². The molecule has 1 aromatic rings. The molecule has 1 aromatic heterocycles. The second-order valence-electron chi connectivity index (χ2n) is 2.03. The van der Waals surface area contributed by atoms with E-state index < -0.39 is 13.7 Å². The first-order valence-corrected chi connectivity index (χ1v) is 3.22. The first-order valence-electron chi connectivity index (χ1n) is 3.22. The highest BCUT2D eigenvalue weighted by atomic mass is 19.3. The molecule has 0 aliphatic heterocycles. The Morgan fingerprint density at radius 1 is 1.31 bits per heavy atom. The molecule has 0 spiro atoms. The third-order valence-corrected chi connectivity index (χ3v) is 1.12. The van der Waals surface area contributed by atoms with Gasteiger partial charge in [-0.05, 0) is 0 Å². The van der Waals surface area contributed by atoms with Gasteiger partial charge in [0.25, 0.3) is 0 Å². The molecule has 0 fully saturated rings. The third kappa shape index (κ3) is 2.92. The number of alkyl halides is 2. The topological polar surface area (TPSA) is 75.5 Å². The lowest BCUT2D eigenvalue weighted by Crippen LogP contribution is -2.32. The molecule has 1 rings (SSSR count). The van der Waals surface area contributed by atoms with Gasteiger partial charge in [0.05, 0.1) is 11.8 Å². The summed E-state index contributed by atoms with van der Waals surface area (Å²) in [5.74, 6) is -0.376. The second kappa shape index (κ2) is 4.10. The van der Waals surface area contributed by atoms with E-state index in [1.807, 2.05) is 0 Å². The van der Waals surface area contributed by atoms with Crippen LogP contribution in [0.25, 0.3) is 0 Å². The van der Waals surface area contributed by atoms with Crippen molar-refractivity contribution in [3.63, 3.8) is 0 Å². The average Bonchev–Trinajstić information content (AvgIpc) is 2.04. The summed E-state index contributed by atoms with van der Waals surface area (Å²) >= 11 is 0. The van der Waals surface area contributed by atoms with E-state index >= 15 is 0 Å². The monoisotopic (exact) mass is 190 g/mol. The van der Waals surface area contributed by atoms with E-state index in [0.717, 1.165) is 12.4 Å². The van der Waals surface area contributed by atoms with Gasteiger partial charge in [-0.25, -0.2) is 4.98 Å². The van der Waals surface area contributed by atoms with Crippen LogP contribution in [0, 0.1) is 0 Å². The van der Waals surface area contributed by atoms with Gasteiger partial charge < -0.3 is 14.8 Å². The minimum absolute atomic E-state index is 0.137. The van der Waals surface area contributed by atoms with Crippen LogP contribution >= 0.6 is 0 Å². The fourth-order valence-corrected chi connectivity index (χ4v) is 0.612. The van der Waals surface area contributed by atoms with Gasteiger partial charge in [-0.2, -0.15) is 8.78 Å². The van der Waals surface area contributed by atoms with Crippen molar-refractivity contribution in [3.05, 3.63) is 12.4 Å². The van der Waals surface area contributed by atoms with E-state index in [0.29, 0.717) is 0 Å². The van der Waals surface area contributed by atoms with Crippen molar-refractivity contribution in [3.8, 4) is 5.88 Å². The maximum Gasteiger partial charge on any atom is 0.509 e. The molecular weight excluding hydrogens is 185 g/mol. The summed E-state index contributed by atoms with van der Waals surface area (Å²) in [6.07, 6.45) is 1.81. The number of hydrogen-bond donors (Lipinski definition) is 2. The highest BCUT2D eigenvalue weighted by Gasteiger charge is 2.14. The lowest BCUT2D eigenvalue weighted by atomic mass is 9.87. The van der Waals surface area contributed by atoms with Crippen LogP contribution in [0.15, 0.2) is 12.4 Å². The Morgan fingerprint density at radius 2 is 2.00 bits per heavy atom. The Balaban J connectivity index is 2.70.